The van der Waals surface area contributed by atoms with Gasteiger partial charge in [-0.1, -0.05) is 11.3 Å². The molecule has 0 unspecified atom stereocenters. The Morgan fingerprint density at radius 1 is 1.44 bits per heavy atom. The summed E-state index contributed by atoms with van der Waals surface area (Å²) in [5.41, 5.74) is 5.30. The Hall–Kier alpha value is -1.17. The van der Waals surface area contributed by atoms with E-state index in [4.69, 9.17) is 12.2 Å². The summed E-state index contributed by atoms with van der Waals surface area (Å²) in [6.45, 7) is 0.337. The number of sulfonamides is 1. The van der Waals surface area contributed by atoms with E-state index < -0.39 is 10.0 Å². The minimum absolute atomic E-state index is 0.109. The summed E-state index contributed by atoms with van der Waals surface area (Å²) in [4.78, 5) is 0. The molecule has 16 heavy (non-hydrogen) atoms. The van der Waals surface area contributed by atoms with Crippen LogP contribution >= 0.6 is 11.3 Å². The van der Waals surface area contributed by atoms with Crippen LogP contribution in [0.2, 0.25) is 0 Å². The molecule has 3 N–H and O–H groups in total. The number of rotatable bonds is 6. The molecule has 0 saturated carbocycles. The maximum atomic E-state index is 11.6. The molecule has 0 aliphatic rings. The van der Waals surface area contributed by atoms with Crippen LogP contribution in [0.25, 0.3) is 0 Å². The average molecular weight is 260 g/mol. The van der Waals surface area contributed by atoms with Gasteiger partial charge in [0.25, 0.3) is 10.0 Å². The molecule has 88 valence electrons. The molecule has 1 aromatic heterocycles. The first-order valence-corrected chi connectivity index (χ1v) is 6.88. The lowest BCUT2D eigenvalue weighted by atomic mass is 10.2. The van der Waals surface area contributed by atoms with Crippen LogP contribution in [0.15, 0.2) is 4.34 Å². The molecule has 0 amide bonds. The van der Waals surface area contributed by atoms with Crippen molar-refractivity contribution >= 4 is 26.5 Å². The second-order valence-electron chi connectivity index (χ2n) is 2.97. The van der Waals surface area contributed by atoms with Gasteiger partial charge in [0, 0.05) is 13.0 Å². The zero-order valence-electron chi connectivity index (χ0n) is 8.51. The highest BCUT2D eigenvalue weighted by atomic mass is 32.2. The molecule has 1 aromatic rings. The van der Waals surface area contributed by atoms with Gasteiger partial charge in [0.2, 0.25) is 9.47 Å². The van der Waals surface area contributed by atoms with Crippen molar-refractivity contribution in [2.45, 2.75) is 23.6 Å². The van der Waals surface area contributed by atoms with Gasteiger partial charge in [0.05, 0.1) is 0 Å². The van der Waals surface area contributed by atoms with Crippen molar-refractivity contribution < 1.29 is 8.42 Å². The van der Waals surface area contributed by atoms with Gasteiger partial charge in [-0.05, 0) is 12.8 Å². The van der Waals surface area contributed by atoms with E-state index in [0.29, 0.717) is 19.4 Å². The van der Waals surface area contributed by atoms with Gasteiger partial charge in [-0.25, -0.2) is 13.1 Å². The fourth-order valence-corrected chi connectivity index (χ4v) is 2.85. The van der Waals surface area contributed by atoms with E-state index in [0.717, 1.165) is 17.8 Å². The summed E-state index contributed by atoms with van der Waals surface area (Å²) in [6.07, 6.45) is 7.20. The van der Waals surface area contributed by atoms with Gasteiger partial charge >= 0.3 is 0 Å². The second kappa shape index (κ2) is 5.79. The second-order valence-corrected chi connectivity index (χ2v) is 5.91. The van der Waals surface area contributed by atoms with E-state index in [1.165, 1.54) is 0 Å². The molecule has 0 bridgehead atoms. The maximum absolute atomic E-state index is 11.6. The van der Waals surface area contributed by atoms with Crippen LogP contribution in [0, 0.1) is 12.3 Å². The lowest BCUT2D eigenvalue weighted by Gasteiger charge is -2.01. The van der Waals surface area contributed by atoms with Gasteiger partial charge in [-0.15, -0.1) is 22.5 Å². The van der Waals surface area contributed by atoms with Gasteiger partial charge in [0.1, 0.15) is 0 Å². The summed E-state index contributed by atoms with van der Waals surface area (Å²) in [6, 6.07) is 0. The molecule has 0 atom stereocenters. The average Bonchev–Trinajstić information content (AvgIpc) is 2.65. The topological polar surface area (TPSA) is 98.0 Å². The predicted octanol–water partition coefficient (Wildman–Crippen LogP) is 0.202. The first-order chi connectivity index (χ1) is 7.56. The molecule has 0 aliphatic heterocycles. The molecule has 0 spiro atoms. The molecule has 0 radical (unpaired) electrons. The van der Waals surface area contributed by atoms with E-state index in [9.17, 15) is 8.42 Å². The van der Waals surface area contributed by atoms with Crippen molar-refractivity contribution in [3.05, 3.63) is 0 Å². The molecule has 0 fully saturated rings. The summed E-state index contributed by atoms with van der Waals surface area (Å²) in [7, 11) is -3.56. The smallest absolute Gasteiger partial charge is 0.269 e. The number of hydrogen-bond acceptors (Lipinski definition) is 6. The Kier molecular flexibility index (Phi) is 4.67. The van der Waals surface area contributed by atoms with Crippen LogP contribution in [-0.2, 0) is 10.0 Å². The standard InChI is InChI=1S/C8H12N4O2S2/c1-2-3-4-5-6-10-16(13,14)8-12-11-7(9)15-8/h1,10H,3-6H2,(H2,9,11). The number of nitrogens with zero attached hydrogens (tertiary/aromatic N) is 2. The van der Waals surface area contributed by atoms with Crippen molar-refractivity contribution in [2.75, 3.05) is 12.3 Å². The van der Waals surface area contributed by atoms with E-state index in [1.54, 1.807) is 0 Å². The van der Waals surface area contributed by atoms with Crippen LogP contribution in [0.1, 0.15) is 19.3 Å². The highest BCUT2D eigenvalue weighted by Crippen LogP contribution is 2.16. The van der Waals surface area contributed by atoms with Crippen molar-refractivity contribution in [3.8, 4) is 12.3 Å². The molecule has 1 heterocycles. The third-order valence-corrected chi connectivity index (χ3v) is 4.27. The molecular formula is C8H12N4O2S2. The Morgan fingerprint density at radius 2 is 2.19 bits per heavy atom. The van der Waals surface area contributed by atoms with Gasteiger partial charge in [-0.2, -0.15) is 0 Å². The third-order valence-electron chi connectivity index (χ3n) is 1.69. The fourth-order valence-electron chi connectivity index (χ4n) is 0.949. The van der Waals surface area contributed by atoms with Gasteiger partial charge in [-0.3, -0.25) is 0 Å². The number of terminal acetylenes is 1. The van der Waals surface area contributed by atoms with Crippen LogP contribution in [0.3, 0.4) is 0 Å². The molecule has 1 rings (SSSR count). The van der Waals surface area contributed by atoms with E-state index in [-0.39, 0.29) is 9.47 Å². The molecule has 6 nitrogen and oxygen atoms in total. The number of nitrogens with one attached hydrogen (secondary N) is 1. The minimum atomic E-state index is -3.56. The highest BCUT2D eigenvalue weighted by Gasteiger charge is 2.18. The lowest BCUT2D eigenvalue weighted by molar-refractivity contribution is 0.575. The minimum Gasteiger partial charge on any atom is -0.374 e. The third kappa shape index (κ3) is 3.77. The molecule has 8 heteroatoms. The number of anilines is 1. The summed E-state index contributed by atoms with van der Waals surface area (Å²) < 4.78 is 25.5. The van der Waals surface area contributed by atoms with Crippen LogP contribution in [0.4, 0.5) is 5.13 Å². The quantitative estimate of drug-likeness (QED) is 0.562. The Balaban J connectivity index is 2.45. The van der Waals surface area contributed by atoms with Crippen LogP contribution in [0.5, 0.6) is 0 Å². The van der Waals surface area contributed by atoms with Crippen molar-refractivity contribution in [1.29, 1.82) is 0 Å². The number of hydrogen-bond donors (Lipinski definition) is 2. The number of aromatic nitrogens is 2. The largest absolute Gasteiger partial charge is 0.374 e. The normalized spacial score (nSPS) is 11.2. The van der Waals surface area contributed by atoms with Crippen molar-refractivity contribution in [2.24, 2.45) is 0 Å². The number of unbranched alkanes of at least 4 members (excludes halogenated alkanes) is 2. The van der Waals surface area contributed by atoms with Crippen LogP contribution < -0.4 is 10.5 Å². The number of nitrogen functional groups attached to an aromatic ring is 1. The molecular weight excluding hydrogens is 248 g/mol. The van der Waals surface area contributed by atoms with E-state index in [1.807, 2.05) is 0 Å². The van der Waals surface area contributed by atoms with E-state index in [2.05, 4.69) is 20.8 Å². The highest BCUT2D eigenvalue weighted by molar-refractivity contribution is 7.91. The molecule has 0 aromatic carbocycles. The zero-order chi connectivity index (χ0) is 12.0. The molecule has 0 saturated heterocycles. The van der Waals surface area contributed by atoms with Gasteiger partial charge in [0.15, 0.2) is 0 Å². The Morgan fingerprint density at radius 3 is 2.75 bits per heavy atom. The maximum Gasteiger partial charge on any atom is 0.269 e. The predicted molar refractivity (Wildman–Crippen MR) is 62.2 cm³/mol. The molecule has 0 aliphatic carbocycles. The van der Waals surface area contributed by atoms with Crippen molar-refractivity contribution in [1.82, 2.24) is 14.9 Å². The Bertz CT molecular complexity index is 474. The first-order valence-electron chi connectivity index (χ1n) is 4.58. The summed E-state index contributed by atoms with van der Waals surface area (Å²) in [5, 5.41) is 7.04. The number of nitrogens with two attached hydrogens (primary N) is 1. The monoisotopic (exact) mass is 260 g/mol. The zero-order valence-corrected chi connectivity index (χ0v) is 10.1. The summed E-state index contributed by atoms with van der Waals surface area (Å²) >= 11 is 0.836. The van der Waals surface area contributed by atoms with Crippen molar-refractivity contribution in [3.63, 3.8) is 0 Å². The van der Waals surface area contributed by atoms with Crippen LogP contribution in [-0.4, -0.2) is 25.2 Å². The first kappa shape index (κ1) is 12.9. The fraction of sp³-hybridized carbons (Fsp3) is 0.500. The van der Waals surface area contributed by atoms with Gasteiger partial charge < -0.3 is 5.73 Å². The lowest BCUT2D eigenvalue weighted by Crippen LogP contribution is -2.24. The Labute approximate surface area is 98.3 Å². The summed E-state index contributed by atoms with van der Waals surface area (Å²) in [5.74, 6) is 2.49. The van der Waals surface area contributed by atoms with E-state index >= 15 is 0 Å². The SMILES string of the molecule is C#CCCCCNS(=O)(=O)c1nnc(N)s1.